The summed E-state index contributed by atoms with van der Waals surface area (Å²) in [4.78, 5) is 16.2. The number of amides is 1. The standard InChI is InChI=1S/C17H21N3O/c1-11(2)13-6-8-14(9-7-13)12(3)20-17(21)16-15(18)5-4-10-19-16/h4-12H,18H2,1-3H3,(H,20,21). The average Bonchev–Trinajstić information content (AvgIpc) is 2.47. The Labute approximate surface area is 125 Å². The summed E-state index contributed by atoms with van der Waals surface area (Å²) in [7, 11) is 0. The molecule has 110 valence electrons. The second-order valence-corrected chi connectivity index (χ2v) is 5.46. The van der Waals surface area contributed by atoms with Gasteiger partial charge in [0.2, 0.25) is 0 Å². The smallest absolute Gasteiger partial charge is 0.272 e. The van der Waals surface area contributed by atoms with Crippen molar-refractivity contribution in [3.05, 3.63) is 59.4 Å². The lowest BCUT2D eigenvalue weighted by Crippen LogP contribution is -2.28. The minimum Gasteiger partial charge on any atom is -0.397 e. The molecule has 1 aromatic heterocycles. The normalized spacial score (nSPS) is 12.2. The van der Waals surface area contributed by atoms with Gasteiger partial charge in [-0.05, 0) is 36.1 Å². The summed E-state index contributed by atoms with van der Waals surface area (Å²) in [6, 6.07) is 11.6. The summed E-state index contributed by atoms with van der Waals surface area (Å²) in [5, 5.41) is 2.92. The van der Waals surface area contributed by atoms with Crippen molar-refractivity contribution < 1.29 is 4.79 Å². The summed E-state index contributed by atoms with van der Waals surface area (Å²) >= 11 is 0. The molecule has 0 spiro atoms. The molecule has 1 heterocycles. The molecule has 3 N–H and O–H groups in total. The van der Waals surface area contributed by atoms with Crippen molar-refractivity contribution >= 4 is 11.6 Å². The van der Waals surface area contributed by atoms with Gasteiger partial charge in [-0.15, -0.1) is 0 Å². The number of nitrogens with two attached hydrogens (primary N) is 1. The number of pyridine rings is 1. The van der Waals surface area contributed by atoms with E-state index in [4.69, 9.17) is 5.73 Å². The predicted molar refractivity (Wildman–Crippen MR) is 85.1 cm³/mol. The van der Waals surface area contributed by atoms with Crippen LogP contribution in [0.3, 0.4) is 0 Å². The van der Waals surface area contributed by atoms with Gasteiger partial charge in [0, 0.05) is 6.20 Å². The van der Waals surface area contributed by atoms with Gasteiger partial charge >= 0.3 is 0 Å². The zero-order valence-electron chi connectivity index (χ0n) is 12.6. The number of benzene rings is 1. The molecule has 1 aromatic carbocycles. The van der Waals surface area contributed by atoms with E-state index in [1.54, 1.807) is 18.3 Å². The van der Waals surface area contributed by atoms with Crippen LogP contribution in [0.2, 0.25) is 0 Å². The Kier molecular flexibility index (Phi) is 4.58. The minimum atomic E-state index is -0.256. The molecule has 0 saturated carbocycles. The fourth-order valence-electron chi connectivity index (χ4n) is 2.13. The topological polar surface area (TPSA) is 68.0 Å². The van der Waals surface area contributed by atoms with E-state index < -0.39 is 0 Å². The molecule has 2 rings (SSSR count). The molecule has 0 bridgehead atoms. The first-order valence-corrected chi connectivity index (χ1v) is 7.10. The lowest BCUT2D eigenvalue weighted by Gasteiger charge is -2.15. The summed E-state index contributed by atoms with van der Waals surface area (Å²) in [5.41, 5.74) is 8.76. The van der Waals surface area contributed by atoms with E-state index in [2.05, 4.69) is 36.3 Å². The Hall–Kier alpha value is -2.36. The highest BCUT2D eigenvalue weighted by Gasteiger charge is 2.14. The molecule has 0 aliphatic heterocycles. The molecule has 1 amide bonds. The molecular formula is C17H21N3O. The Morgan fingerprint density at radius 2 is 1.71 bits per heavy atom. The van der Waals surface area contributed by atoms with Gasteiger partial charge in [0.1, 0.15) is 0 Å². The summed E-state index contributed by atoms with van der Waals surface area (Å²) in [6.07, 6.45) is 1.56. The number of rotatable bonds is 4. The molecule has 0 aliphatic rings. The number of anilines is 1. The summed E-state index contributed by atoms with van der Waals surface area (Å²) in [6.45, 7) is 6.26. The average molecular weight is 283 g/mol. The SMILES string of the molecule is CC(C)c1ccc(C(C)NC(=O)c2ncccc2N)cc1. The van der Waals surface area contributed by atoms with E-state index in [1.165, 1.54) is 5.56 Å². The highest BCUT2D eigenvalue weighted by atomic mass is 16.1. The van der Waals surface area contributed by atoms with E-state index in [0.717, 1.165) is 5.56 Å². The number of carbonyl (C=O) groups is 1. The quantitative estimate of drug-likeness (QED) is 0.904. The Morgan fingerprint density at radius 1 is 1.10 bits per heavy atom. The van der Waals surface area contributed by atoms with Crippen LogP contribution >= 0.6 is 0 Å². The molecule has 2 aromatic rings. The van der Waals surface area contributed by atoms with Crippen molar-refractivity contribution in [3.63, 3.8) is 0 Å². The van der Waals surface area contributed by atoms with Crippen LogP contribution in [0, 0.1) is 0 Å². The van der Waals surface area contributed by atoms with Crippen molar-refractivity contribution in [3.8, 4) is 0 Å². The lowest BCUT2D eigenvalue weighted by atomic mass is 9.99. The van der Waals surface area contributed by atoms with E-state index in [0.29, 0.717) is 11.6 Å². The van der Waals surface area contributed by atoms with Crippen LogP contribution in [0.25, 0.3) is 0 Å². The first-order chi connectivity index (χ1) is 9.99. The number of carbonyl (C=O) groups excluding carboxylic acids is 1. The highest BCUT2D eigenvalue weighted by molar-refractivity contribution is 5.97. The molecule has 4 heteroatoms. The van der Waals surface area contributed by atoms with E-state index in [1.807, 2.05) is 19.1 Å². The first kappa shape index (κ1) is 15.0. The van der Waals surface area contributed by atoms with E-state index >= 15 is 0 Å². The van der Waals surface area contributed by atoms with Gasteiger partial charge in [-0.2, -0.15) is 0 Å². The summed E-state index contributed by atoms with van der Waals surface area (Å²) in [5.74, 6) is 0.241. The highest BCUT2D eigenvalue weighted by Crippen LogP contribution is 2.19. The third-order valence-corrected chi connectivity index (χ3v) is 3.50. The maximum absolute atomic E-state index is 12.2. The Balaban J connectivity index is 2.09. The first-order valence-electron chi connectivity index (χ1n) is 7.10. The third kappa shape index (κ3) is 3.60. The van der Waals surface area contributed by atoms with Gasteiger partial charge in [0.15, 0.2) is 5.69 Å². The second kappa shape index (κ2) is 6.39. The maximum atomic E-state index is 12.2. The molecule has 21 heavy (non-hydrogen) atoms. The summed E-state index contributed by atoms with van der Waals surface area (Å²) < 4.78 is 0. The van der Waals surface area contributed by atoms with Crippen molar-refractivity contribution in [2.24, 2.45) is 0 Å². The van der Waals surface area contributed by atoms with Crippen molar-refractivity contribution in [2.45, 2.75) is 32.7 Å². The number of hydrogen-bond acceptors (Lipinski definition) is 3. The number of nitrogen functional groups attached to an aromatic ring is 1. The molecule has 1 unspecified atom stereocenters. The number of nitrogens with zero attached hydrogens (tertiary/aromatic N) is 1. The van der Waals surface area contributed by atoms with Crippen LogP contribution in [0.15, 0.2) is 42.6 Å². The molecule has 0 radical (unpaired) electrons. The van der Waals surface area contributed by atoms with Crippen LogP contribution in [-0.4, -0.2) is 10.9 Å². The molecular weight excluding hydrogens is 262 g/mol. The third-order valence-electron chi connectivity index (χ3n) is 3.50. The fraction of sp³-hybridized carbons (Fsp3) is 0.294. The minimum absolute atomic E-state index is 0.0971. The maximum Gasteiger partial charge on any atom is 0.272 e. The molecule has 0 fully saturated rings. The number of aromatic nitrogens is 1. The van der Waals surface area contributed by atoms with E-state index in [9.17, 15) is 4.79 Å². The van der Waals surface area contributed by atoms with E-state index in [-0.39, 0.29) is 17.6 Å². The van der Waals surface area contributed by atoms with Crippen molar-refractivity contribution in [1.82, 2.24) is 10.3 Å². The van der Waals surface area contributed by atoms with Gasteiger partial charge in [0.05, 0.1) is 11.7 Å². The van der Waals surface area contributed by atoms with Crippen LogP contribution in [-0.2, 0) is 0 Å². The van der Waals surface area contributed by atoms with Gasteiger partial charge in [-0.25, -0.2) is 4.98 Å². The van der Waals surface area contributed by atoms with Gasteiger partial charge < -0.3 is 11.1 Å². The largest absolute Gasteiger partial charge is 0.397 e. The van der Waals surface area contributed by atoms with Gasteiger partial charge in [-0.3, -0.25) is 4.79 Å². The molecule has 4 nitrogen and oxygen atoms in total. The lowest BCUT2D eigenvalue weighted by molar-refractivity contribution is 0.0936. The fourth-order valence-corrected chi connectivity index (χ4v) is 2.13. The Bertz CT molecular complexity index is 620. The van der Waals surface area contributed by atoms with Crippen LogP contribution < -0.4 is 11.1 Å². The van der Waals surface area contributed by atoms with Gasteiger partial charge in [-0.1, -0.05) is 38.1 Å². The molecule has 1 atom stereocenters. The number of nitrogens with one attached hydrogen (secondary N) is 1. The Morgan fingerprint density at radius 3 is 2.29 bits per heavy atom. The monoisotopic (exact) mass is 283 g/mol. The van der Waals surface area contributed by atoms with Crippen LogP contribution in [0.5, 0.6) is 0 Å². The zero-order chi connectivity index (χ0) is 15.4. The number of hydrogen-bond donors (Lipinski definition) is 2. The molecule has 0 saturated heterocycles. The van der Waals surface area contributed by atoms with Crippen molar-refractivity contribution in [1.29, 1.82) is 0 Å². The zero-order valence-corrected chi connectivity index (χ0v) is 12.6. The molecule has 0 aliphatic carbocycles. The van der Waals surface area contributed by atoms with Crippen molar-refractivity contribution in [2.75, 3.05) is 5.73 Å². The van der Waals surface area contributed by atoms with Crippen LogP contribution in [0.1, 0.15) is 54.3 Å². The predicted octanol–water partition coefficient (Wildman–Crippen LogP) is 3.28. The van der Waals surface area contributed by atoms with Gasteiger partial charge in [0.25, 0.3) is 5.91 Å². The van der Waals surface area contributed by atoms with Crippen LogP contribution in [0.4, 0.5) is 5.69 Å². The second-order valence-electron chi connectivity index (χ2n) is 5.46.